The Bertz CT molecular complexity index is 666. The van der Waals surface area contributed by atoms with Gasteiger partial charge in [-0.15, -0.1) is 0 Å². The molecule has 0 fully saturated rings. The third-order valence-corrected chi connectivity index (χ3v) is 2.72. The number of carboxylic acids is 1. The summed E-state index contributed by atoms with van der Waals surface area (Å²) in [6.07, 6.45) is 1.30. The minimum absolute atomic E-state index is 0.0273. The number of rotatable bonds is 4. The third kappa shape index (κ3) is 3.33. The molecule has 1 heterocycles. The number of aromatic carboxylic acids is 1. The molecule has 1 aromatic heterocycles. The Kier molecular flexibility index (Phi) is 4.13. The van der Waals surface area contributed by atoms with Crippen LogP contribution < -0.4 is 5.32 Å². The van der Waals surface area contributed by atoms with Gasteiger partial charge in [-0.3, -0.25) is 4.79 Å². The first-order valence-electron chi connectivity index (χ1n) is 5.93. The van der Waals surface area contributed by atoms with E-state index in [1.807, 2.05) is 0 Å². The second-order valence-corrected chi connectivity index (χ2v) is 4.17. The van der Waals surface area contributed by atoms with Gasteiger partial charge < -0.3 is 15.5 Å². The number of pyridine rings is 1. The summed E-state index contributed by atoms with van der Waals surface area (Å²) in [5.41, 5.74) is -0.00591. The van der Waals surface area contributed by atoms with Gasteiger partial charge in [-0.1, -0.05) is 12.1 Å². The van der Waals surface area contributed by atoms with Gasteiger partial charge in [0.1, 0.15) is 22.8 Å². The van der Waals surface area contributed by atoms with E-state index in [4.69, 9.17) is 5.11 Å². The summed E-state index contributed by atoms with van der Waals surface area (Å²) in [6.45, 7) is 0.0273. The number of halogens is 1. The highest BCUT2D eigenvalue weighted by molar-refractivity contribution is 5.97. The predicted octanol–water partition coefficient (Wildman–Crippen LogP) is 1.55. The SMILES string of the molecule is O=C(O)c1ccc(CNC(=O)c2c(O)cccc2F)cn1. The first-order chi connectivity index (χ1) is 9.99. The van der Waals surface area contributed by atoms with E-state index >= 15 is 0 Å². The van der Waals surface area contributed by atoms with E-state index in [0.29, 0.717) is 5.56 Å². The molecule has 0 spiro atoms. The van der Waals surface area contributed by atoms with E-state index < -0.39 is 29.0 Å². The minimum atomic E-state index is -1.15. The normalized spacial score (nSPS) is 10.1. The van der Waals surface area contributed by atoms with Crippen LogP contribution in [0.2, 0.25) is 0 Å². The number of carbonyl (C=O) groups is 2. The van der Waals surface area contributed by atoms with Crippen molar-refractivity contribution in [3.63, 3.8) is 0 Å². The number of phenols is 1. The van der Waals surface area contributed by atoms with Gasteiger partial charge in [-0.05, 0) is 23.8 Å². The van der Waals surface area contributed by atoms with E-state index in [9.17, 15) is 19.1 Å². The fourth-order valence-electron chi connectivity index (χ4n) is 1.66. The van der Waals surface area contributed by atoms with Crippen molar-refractivity contribution in [2.24, 2.45) is 0 Å². The highest BCUT2D eigenvalue weighted by atomic mass is 19.1. The molecule has 0 aliphatic heterocycles. The molecule has 0 unspecified atom stereocenters. The Morgan fingerprint density at radius 2 is 2.00 bits per heavy atom. The molecule has 6 nitrogen and oxygen atoms in total. The van der Waals surface area contributed by atoms with Crippen LogP contribution in [0.15, 0.2) is 36.5 Å². The average Bonchev–Trinajstić information content (AvgIpc) is 2.45. The highest BCUT2D eigenvalue weighted by Gasteiger charge is 2.16. The molecular weight excluding hydrogens is 279 g/mol. The summed E-state index contributed by atoms with van der Waals surface area (Å²) in [7, 11) is 0. The van der Waals surface area contributed by atoms with Crippen LogP contribution in [0.25, 0.3) is 0 Å². The number of carboxylic acid groups (broad SMARTS) is 1. The molecule has 2 rings (SSSR count). The Morgan fingerprint density at radius 3 is 2.57 bits per heavy atom. The molecule has 3 N–H and O–H groups in total. The molecule has 1 aromatic carbocycles. The van der Waals surface area contributed by atoms with Gasteiger partial charge in [0.05, 0.1) is 0 Å². The van der Waals surface area contributed by atoms with E-state index in [-0.39, 0.29) is 12.2 Å². The molecule has 0 saturated carbocycles. The fraction of sp³-hybridized carbons (Fsp3) is 0.0714. The van der Waals surface area contributed by atoms with Gasteiger partial charge in [0, 0.05) is 12.7 Å². The molecule has 1 amide bonds. The third-order valence-electron chi connectivity index (χ3n) is 2.72. The number of carbonyl (C=O) groups excluding carboxylic acids is 1. The number of nitrogens with one attached hydrogen (secondary N) is 1. The van der Waals surface area contributed by atoms with Crippen LogP contribution in [0.3, 0.4) is 0 Å². The lowest BCUT2D eigenvalue weighted by Crippen LogP contribution is -2.24. The van der Waals surface area contributed by atoms with Gasteiger partial charge in [-0.2, -0.15) is 0 Å². The number of benzene rings is 1. The lowest BCUT2D eigenvalue weighted by molar-refractivity contribution is 0.0690. The van der Waals surface area contributed by atoms with Crippen molar-refractivity contribution in [2.75, 3.05) is 0 Å². The van der Waals surface area contributed by atoms with Crippen LogP contribution in [0, 0.1) is 5.82 Å². The summed E-state index contributed by atoms with van der Waals surface area (Å²) in [5.74, 6) is -3.20. The molecule has 0 bridgehead atoms. The zero-order chi connectivity index (χ0) is 15.4. The van der Waals surface area contributed by atoms with E-state index in [1.54, 1.807) is 0 Å². The Labute approximate surface area is 118 Å². The maximum atomic E-state index is 13.5. The second kappa shape index (κ2) is 6.00. The van der Waals surface area contributed by atoms with Crippen LogP contribution >= 0.6 is 0 Å². The number of phenolic OH excluding ortho intramolecular Hbond substituents is 1. The van der Waals surface area contributed by atoms with Gasteiger partial charge in [0.15, 0.2) is 0 Å². The molecule has 0 radical (unpaired) electrons. The molecule has 0 atom stereocenters. The lowest BCUT2D eigenvalue weighted by Gasteiger charge is -2.07. The van der Waals surface area contributed by atoms with Gasteiger partial charge in [-0.25, -0.2) is 14.2 Å². The van der Waals surface area contributed by atoms with Crippen molar-refractivity contribution in [1.29, 1.82) is 0 Å². The standard InChI is InChI=1S/C14H11FN2O4/c15-9-2-1-3-11(18)12(9)13(19)17-7-8-4-5-10(14(20)21)16-6-8/h1-6,18H,7H2,(H,17,19)(H,20,21). The van der Waals surface area contributed by atoms with Crippen molar-refractivity contribution >= 4 is 11.9 Å². The number of hydrogen-bond acceptors (Lipinski definition) is 4. The number of hydrogen-bond donors (Lipinski definition) is 3. The van der Waals surface area contributed by atoms with Crippen molar-refractivity contribution in [1.82, 2.24) is 10.3 Å². The smallest absolute Gasteiger partial charge is 0.354 e. The van der Waals surface area contributed by atoms with Gasteiger partial charge in [0.25, 0.3) is 5.91 Å². The molecular formula is C14H11FN2O4. The summed E-state index contributed by atoms with van der Waals surface area (Å²) < 4.78 is 13.5. The summed E-state index contributed by atoms with van der Waals surface area (Å²) in [5, 5.41) is 20.6. The first kappa shape index (κ1) is 14.4. The van der Waals surface area contributed by atoms with Gasteiger partial charge in [0.2, 0.25) is 0 Å². The van der Waals surface area contributed by atoms with Crippen molar-refractivity contribution in [3.8, 4) is 5.75 Å². The van der Waals surface area contributed by atoms with E-state index in [1.165, 1.54) is 30.5 Å². The second-order valence-electron chi connectivity index (χ2n) is 4.17. The molecule has 0 saturated heterocycles. The average molecular weight is 290 g/mol. The summed E-state index contributed by atoms with van der Waals surface area (Å²) >= 11 is 0. The number of aromatic hydroxyl groups is 1. The summed E-state index contributed by atoms with van der Waals surface area (Å²) in [6, 6.07) is 6.34. The molecule has 21 heavy (non-hydrogen) atoms. The topological polar surface area (TPSA) is 99.5 Å². The molecule has 0 aliphatic carbocycles. The van der Waals surface area contributed by atoms with Crippen molar-refractivity contribution in [2.45, 2.75) is 6.54 Å². The predicted molar refractivity (Wildman–Crippen MR) is 70.4 cm³/mol. The van der Waals surface area contributed by atoms with Crippen LogP contribution in [0.4, 0.5) is 4.39 Å². The monoisotopic (exact) mass is 290 g/mol. The largest absolute Gasteiger partial charge is 0.507 e. The highest BCUT2D eigenvalue weighted by Crippen LogP contribution is 2.19. The molecule has 2 aromatic rings. The van der Waals surface area contributed by atoms with Crippen LogP contribution in [0.1, 0.15) is 26.4 Å². The van der Waals surface area contributed by atoms with E-state index in [2.05, 4.69) is 10.3 Å². The Balaban J connectivity index is 2.06. The van der Waals surface area contributed by atoms with Crippen molar-refractivity contribution in [3.05, 3.63) is 59.2 Å². The minimum Gasteiger partial charge on any atom is -0.507 e. The number of nitrogens with zero attached hydrogens (tertiary/aromatic N) is 1. The van der Waals surface area contributed by atoms with Gasteiger partial charge >= 0.3 is 5.97 Å². The quantitative estimate of drug-likeness (QED) is 0.793. The maximum absolute atomic E-state index is 13.5. The van der Waals surface area contributed by atoms with Crippen LogP contribution in [-0.4, -0.2) is 27.1 Å². The number of amides is 1. The fourth-order valence-corrected chi connectivity index (χ4v) is 1.66. The molecule has 7 heteroatoms. The number of aromatic nitrogens is 1. The zero-order valence-corrected chi connectivity index (χ0v) is 10.7. The Morgan fingerprint density at radius 1 is 1.24 bits per heavy atom. The zero-order valence-electron chi connectivity index (χ0n) is 10.7. The summed E-state index contributed by atoms with van der Waals surface area (Å²) in [4.78, 5) is 26.1. The first-order valence-corrected chi connectivity index (χ1v) is 5.93. The maximum Gasteiger partial charge on any atom is 0.354 e. The lowest BCUT2D eigenvalue weighted by atomic mass is 10.1. The Hall–Kier alpha value is -2.96. The van der Waals surface area contributed by atoms with Crippen LogP contribution in [0.5, 0.6) is 5.75 Å². The molecule has 0 aliphatic rings. The van der Waals surface area contributed by atoms with E-state index in [0.717, 1.165) is 6.07 Å². The molecule has 108 valence electrons. The van der Waals surface area contributed by atoms with Crippen molar-refractivity contribution < 1.29 is 24.2 Å². The van der Waals surface area contributed by atoms with Crippen LogP contribution in [-0.2, 0) is 6.54 Å².